The van der Waals surface area contributed by atoms with Crippen LogP contribution in [0.1, 0.15) is 24.2 Å². The van der Waals surface area contributed by atoms with Gasteiger partial charge in [0.25, 0.3) is 0 Å². The highest BCUT2D eigenvalue weighted by Crippen LogP contribution is 2.19. The van der Waals surface area contributed by atoms with Crippen LogP contribution >= 0.6 is 0 Å². The normalized spacial score (nSPS) is 20.7. The van der Waals surface area contributed by atoms with E-state index in [1.807, 2.05) is 0 Å². The summed E-state index contributed by atoms with van der Waals surface area (Å²) in [5, 5.41) is 7.44. The first kappa shape index (κ1) is 14.5. The molecule has 2 N–H and O–H groups in total. The first-order chi connectivity index (χ1) is 8.92. The van der Waals surface area contributed by atoms with Crippen molar-refractivity contribution in [1.29, 1.82) is 0 Å². The molecule has 0 radical (unpaired) electrons. The maximum atomic E-state index is 12.3. The van der Waals surface area contributed by atoms with Crippen molar-refractivity contribution in [1.82, 2.24) is 19.8 Å². The van der Waals surface area contributed by atoms with Gasteiger partial charge in [-0.05, 0) is 45.7 Å². The van der Waals surface area contributed by atoms with Gasteiger partial charge in [0.1, 0.15) is 4.90 Å². The summed E-state index contributed by atoms with van der Waals surface area (Å²) in [6, 6.07) is 0. The minimum Gasteiger partial charge on any atom is -0.316 e. The molecule has 0 amide bonds. The Bertz CT molecular complexity index is 544. The second-order valence-electron chi connectivity index (χ2n) is 5.19. The van der Waals surface area contributed by atoms with Crippen molar-refractivity contribution in [3.8, 4) is 0 Å². The first-order valence-corrected chi connectivity index (χ1v) is 8.10. The average molecular weight is 286 g/mol. The molecule has 0 aliphatic carbocycles. The maximum absolute atomic E-state index is 12.3. The summed E-state index contributed by atoms with van der Waals surface area (Å²) in [4.78, 5) is 0.318. The highest BCUT2D eigenvalue weighted by molar-refractivity contribution is 7.89. The molecule has 1 aromatic heterocycles. The lowest BCUT2D eigenvalue weighted by Gasteiger charge is -2.22. The molecule has 0 saturated carbocycles. The van der Waals surface area contributed by atoms with E-state index in [1.54, 1.807) is 25.6 Å². The van der Waals surface area contributed by atoms with Gasteiger partial charge in [0.15, 0.2) is 0 Å². The van der Waals surface area contributed by atoms with E-state index in [-0.39, 0.29) is 0 Å². The molecule has 6 nitrogen and oxygen atoms in total. The fourth-order valence-electron chi connectivity index (χ4n) is 2.54. The SMILES string of the molecule is Cc1nn(C)c(C)c1S(=O)(=O)NC[C@H]1CCCNC1. The van der Waals surface area contributed by atoms with Crippen LogP contribution < -0.4 is 10.0 Å². The number of nitrogens with one attached hydrogen (secondary N) is 2. The van der Waals surface area contributed by atoms with Crippen molar-refractivity contribution < 1.29 is 8.42 Å². The van der Waals surface area contributed by atoms with E-state index in [0.717, 1.165) is 25.9 Å². The monoisotopic (exact) mass is 286 g/mol. The smallest absolute Gasteiger partial charge is 0.244 e. The van der Waals surface area contributed by atoms with Crippen LogP contribution in [-0.4, -0.2) is 37.8 Å². The Labute approximate surface area is 114 Å². The molecule has 1 fully saturated rings. The van der Waals surface area contributed by atoms with Crippen molar-refractivity contribution in [3.63, 3.8) is 0 Å². The number of rotatable bonds is 4. The highest BCUT2D eigenvalue weighted by atomic mass is 32.2. The molecule has 108 valence electrons. The fourth-order valence-corrected chi connectivity index (χ4v) is 4.09. The molecule has 19 heavy (non-hydrogen) atoms. The minimum absolute atomic E-state index is 0.318. The van der Waals surface area contributed by atoms with Gasteiger partial charge in [0.2, 0.25) is 10.0 Å². The number of hydrogen-bond acceptors (Lipinski definition) is 4. The van der Waals surface area contributed by atoms with Crippen LogP contribution in [0.15, 0.2) is 4.90 Å². The van der Waals surface area contributed by atoms with E-state index in [4.69, 9.17) is 0 Å². The van der Waals surface area contributed by atoms with Crippen LogP contribution in [0.3, 0.4) is 0 Å². The van der Waals surface area contributed by atoms with Gasteiger partial charge in [-0.15, -0.1) is 0 Å². The first-order valence-electron chi connectivity index (χ1n) is 6.62. The Kier molecular flexibility index (Phi) is 4.27. The van der Waals surface area contributed by atoms with Crippen molar-refractivity contribution in [2.24, 2.45) is 13.0 Å². The van der Waals surface area contributed by atoms with Gasteiger partial charge in [0, 0.05) is 13.6 Å². The summed E-state index contributed by atoms with van der Waals surface area (Å²) in [5.74, 6) is 0.376. The van der Waals surface area contributed by atoms with Crippen LogP contribution in [0.4, 0.5) is 0 Å². The third-order valence-electron chi connectivity index (χ3n) is 3.67. The van der Waals surface area contributed by atoms with Gasteiger partial charge in [-0.25, -0.2) is 13.1 Å². The van der Waals surface area contributed by atoms with Gasteiger partial charge in [-0.3, -0.25) is 4.68 Å². The second kappa shape index (κ2) is 5.60. The van der Waals surface area contributed by atoms with Crippen molar-refractivity contribution in [2.45, 2.75) is 31.6 Å². The van der Waals surface area contributed by atoms with E-state index in [0.29, 0.717) is 28.7 Å². The van der Waals surface area contributed by atoms with Crippen LogP contribution in [0.5, 0.6) is 0 Å². The Hall–Kier alpha value is -0.920. The number of aromatic nitrogens is 2. The molecular weight excluding hydrogens is 264 g/mol. The molecule has 2 rings (SSSR count). The number of sulfonamides is 1. The maximum Gasteiger partial charge on any atom is 0.244 e. The van der Waals surface area contributed by atoms with Crippen molar-refractivity contribution in [2.75, 3.05) is 19.6 Å². The third-order valence-corrected chi connectivity index (χ3v) is 5.35. The summed E-state index contributed by atoms with van der Waals surface area (Å²) < 4.78 is 29.0. The average Bonchev–Trinajstić information content (AvgIpc) is 2.63. The second-order valence-corrected chi connectivity index (χ2v) is 6.89. The summed E-state index contributed by atoms with van der Waals surface area (Å²) in [7, 11) is -1.70. The lowest BCUT2D eigenvalue weighted by atomic mass is 10.0. The lowest BCUT2D eigenvalue weighted by Crippen LogP contribution is -2.38. The fraction of sp³-hybridized carbons (Fsp3) is 0.750. The zero-order valence-corrected chi connectivity index (χ0v) is 12.5. The van der Waals surface area contributed by atoms with E-state index >= 15 is 0 Å². The number of nitrogens with zero attached hydrogens (tertiary/aromatic N) is 2. The number of hydrogen-bond donors (Lipinski definition) is 2. The summed E-state index contributed by atoms with van der Waals surface area (Å²) in [6.45, 7) is 5.90. The third kappa shape index (κ3) is 3.16. The molecule has 1 saturated heterocycles. The summed E-state index contributed by atoms with van der Waals surface area (Å²) in [5.41, 5.74) is 1.22. The van der Waals surface area contributed by atoms with Gasteiger partial charge >= 0.3 is 0 Å². The molecule has 0 bridgehead atoms. The van der Waals surface area contributed by atoms with Crippen LogP contribution in [0.2, 0.25) is 0 Å². The van der Waals surface area contributed by atoms with Crippen LogP contribution in [-0.2, 0) is 17.1 Å². The molecule has 0 spiro atoms. The predicted molar refractivity (Wildman–Crippen MR) is 73.5 cm³/mol. The quantitative estimate of drug-likeness (QED) is 0.835. The zero-order chi connectivity index (χ0) is 14.0. The van der Waals surface area contributed by atoms with E-state index < -0.39 is 10.0 Å². The largest absolute Gasteiger partial charge is 0.316 e. The van der Waals surface area contributed by atoms with E-state index in [9.17, 15) is 8.42 Å². The molecule has 7 heteroatoms. The highest BCUT2D eigenvalue weighted by Gasteiger charge is 2.24. The molecule has 2 heterocycles. The van der Waals surface area contributed by atoms with Gasteiger partial charge in [-0.2, -0.15) is 5.10 Å². The molecule has 1 aliphatic rings. The zero-order valence-electron chi connectivity index (χ0n) is 11.7. The van der Waals surface area contributed by atoms with Gasteiger partial charge < -0.3 is 5.32 Å². The van der Waals surface area contributed by atoms with Crippen molar-refractivity contribution in [3.05, 3.63) is 11.4 Å². The summed E-state index contributed by atoms with van der Waals surface area (Å²) >= 11 is 0. The lowest BCUT2D eigenvalue weighted by molar-refractivity contribution is 0.376. The molecular formula is C12H22N4O2S. The molecule has 0 aromatic carbocycles. The standard InChI is InChI=1S/C12H22N4O2S/c1-9-12(10(2)16(3)15-9)19(17,18)14-8-11-5-4-6-13-7-11/h11,13-14H,4-8H2,1-3H3/t11-/m0/s1. The predicted octanol–water partition coefficient (Wildman–Crippen LogP) is 0.315. The Balaban J connectivity index is 2.09. The Morgan fingerprint density at radius 3 is 2.74 bits per heavy atom. The van der Waals surface area contributed by atoms with Crippen molar-refractivity contribution >= 4 is 10.0 Å². The van der Waals surface area contributed by atoms with Crippen LogP contribution in [0.25, 0.3) is 0 Å². The molecule has 0 unspecified atom stereocenters. The van der Waals surface area contributed by atoms with Crippen LogP contribution in [0, 0.1) is 19.8 Å². The molecule has 1 aliphatic heterocycles. The topological polar surface area (TPSA) is 76.0 Å². The van der Waals surface area contributed by atoms with Gasteiger partial charge in [-0.1, -0.05) is 0 Å². The van der Waals surface area contributed by atoms with E-state index in [2.05, 4.69) is 15.1 Å². The number of aryl methyl sites for hydroxylation is 2. The summed E-state index contributed by atoms with van der Waals surface area (Å²) in [6.07, 6.45) is 2.18. The molecule has 1 aromatic rings. The minimum atomic E-state index is -3.46. The Morgan fingerprint density at radius 2 is 2.21 bits per heavy atom. The van der Waals surface area contributed by atoms with E-state index in [1.165, 1.54) is 0 Å². The number of piperidine rings is 1. The molecule has 1 atom stereocenters. The van der Waals surface area contributed by atoms with Gasteiger partial charge in [0.05, 0.1) is 11.4 Å². The Morgan fingerprint density at radius 1 is 1.47 bits per heavy atom.